The van der Waals surface area contributed by atoms with Crippen molar-refractivity contribution < 1.29 is 14.3 Å². The number of benzene rings is 2. The minimum absolute atomic E-state index is 0.0351. The SMILES string of the molecule is Cc1ccc(OCC(=O)NNC(=S)NC(=O)CCc2ccccc2)c(C)c1. The molecule has 0 aliphatic rings. The van der Waals surface area contributed by atoms with Crippen molar-refractivity contribution in [1.82, 2.24) is 16.2 Å². The average molecular weight is 385 g/mol. The van der Waals surface area contributed by atoms with Gasteiger partial charge in [-0.1, -0.05) is 48.0 Å². The fourth-order valence-corrected chi connectivity index (χ4v) is 2.55. The molecular weight excluding hydrogens is 362 g/mol. The summed E-state index contributed by atoms with van der Waals surface area (Å²) in [6.45, 7) is 3.74. The minimum atomic E-state index is -0.407. The number of rotatable bonds is 6. The van der Waals surface area contributed by atoms with Crippen molar-refractivity contribution in [3.63, 3.8) is 0 Å². The number of nitrogens with one attached hydrogen (secondary N) is 3. The molecule has 27 heavy (non-hydrogen) atoms. The van der Waals surface area contributed by atoms with Gasteiger partial charge in [0.15, 0.2) is 11.7 Å². The zero-order valence-corrected chi connectivity index (χ0v) is 16.2. The molecule has 0 fully saturated rings. The number of carbonyl (C=O) groups excluding carboxylic acids is 2. The first-order valence-electron chi connectivity index (χ1n) is 8.56. The van der Waals surface area contributed by atoms with E-state index in [2.05, 4.69) is 16.2 Å². The van der Waals surface area contributed by atoms with Crippen molar-refractivity contribution in [2.24, 2.45) is 0 Å². The second-order valence-corrected chi connectivity index (χ2v) is 6.50. The summed E-state index contributed by atoms with van der Waals surface area (Å²) >= 11 is 4.99. The van der Waals surface area contributed by atoms with E-state index in [0.29, 0.717) is 18.6 Å². The third-order valence-corrected chi connectivity index (χ3v) is 3.95. The van der Waals surface area contributed by atoms with Crippen LogP contribution in [-0.2, 0) is 16.0 Å². The van der Waals surface area contributed by atoms with Crippen LogP contribution in [0.1, 0.15) is 23.1 Å². The Bertz CT molecular complexity index is 809. The van der Waals surface area contributed by atoms with Crippen LogP contribution in [0.15, 0.2) is 48.5 Å². The number of amides is 2. The lowest BCUT2D eigenvalue weighted by Crippen LogP contribution is -2.49. The Morgan fingerprint density at radius 2 is 1.74 bits per heavy atom. The molecule has 142 valence electrons. The molecule has 2 amide bonds. The van der Waals surface area contributed by atoms with Gasteiger partial charge in [-0.3, -0.25) is 20.4 Å². The third kappa shape index (κ3) is 7.45. The minimum Gasteiger partial charge on any atom is -0.483 e. The van der Waals surface area contributed by atoms with Gasteiger partial charge in [-0.25, -0.2) is 0 Å². The normalized spacial score (nSPS) is 10.0. The highest BCUT2D eigenvalue weighted by molar-refractivity contribution is 7.80. The summed E-state index contributed by atoms with van der Waals surface area (Å²) < 4.78 is 5.47. The molecule has 0 unspecified atom stereocenters. The number of aryl methyl sites for hydroxylation is 3. The molecule has 0 bridgehead atoms. The molecule has 0 heterocycles. The molecule has 0 aliphatic heterocycles. The van der Waals surface area contributed by atoms with E-state index in [1.807, 2.05) is 62.4 Å². The maximum absolute atomic E-state index is 11.9. The van der Waals surface area contributed by atoms with Gasteiger partial charge in [-0.2, -0.15) is 0 Å². The largest absolute Gasteiger partial charge is 0.483 e. The number of hydrogen-bond donors (Lipinski definition) is 3. The Hall–Kier alpha value is -2.93. The number of hydrazine groups is 1. The molecule has 2 rings (SSSR count). The average Bonchev–Trinajstić information content (AvgIpc) is 2.65. The summed E-state index contributed by atoms with van der Waals surface area (Å²) in [4.78, 5) is 23.7. The van der Waals surface area contributed by atoms with Crippen LogP contribution in [0.3, 0.4) is 0 Å². The quantitative estimate of drug-likeness (QED) is 0.525. The predicted octanol–water partition coefficient (Wildman–Crippen LogP) is 2.34. The third-order valence-electron chi connectivity index (χ3n) is 3.74. The van der Waals surface area contributed by atoms with E-state index >= 15 is 0 Å². The van der Waals surface area contributed by atoms with Gasteiger partial charge in [0.1, 0.15) is 5.75 Å². The molecule has 0 radical (unpaired) electrons. The highest BCUT2D eigenvalue weighted by Gasteiger charge is 2.08. The van der Waals surface area contributed by atoms with Crippen molar-refractivity contribution in [3.8, 4) is 5.75 Å². The molecular formula is C20H23N3O3S. The Balaban J connectivity index is 1.65. The van der Waals surface area contributed by atoms with Gasteiger partial charge >= 0.3 is 0 Å². The van der Waals surface area contributed by atoms with Crippen molar-refractivity contribution in [3.05, 3.63) is 65.2 Å². The van der Waals surface area contributed by atoms with E-state index in [1.165, 1.54) is 0 Å². The van der Waals surface area contributed by atoms with Crippen LogP contribution in [-0.4, -0.2) is 23.5 Å². The van der Waals surface area contributed by atoms with Gasteiger partial charge in [0.2, 0.25) is 5.91 Å². The molecule has 7 heteroatoms. The van der Waals surface area contributed by atoms with Gasteiger partial charge in [-0.15, -0.1) is 0 Å². The Kier molecular flexibility index (Phi) is 7.76. The molecule has 6 nitrogen and oxygen atoms in total. The van der Waals surface area contributed by atoms with Crippen molar-refractivity contribution in [1.29, 1.82) is 0 Å². The maximum Gasteiger partial charge on any atom is 0.276 e. The molecule has 2 aromatic carbocycles. The smallest absolute Gasteiger partial charge is 0.276 e. The Labute approximate surface area is 164 Å². The first kappa shape index (κ1) is 20.4. The summed E-state index contributed by atoms with van der Waals surface area (Å²) in [7, 11) is 0. The van der Waals surface area contributed by atoms with Gasteiger partial charge in [0, 0.05) is 6.42 Å². The fourth-order valence-electron chi connectivity index (χ4n) is 2.39. The summed E-state index contributed by atoms with van der Waals surface area (Å²) in [5.74, 6) is 0.0144. The second-order valence-electron chi connectivity index (χ2n) is 6.09. The summed E-state index contributed by atoms with van der Waals surface area (Å²) in [5.41, 5.74) is 8.04. The molecule has 0 atom stereocenters. The van der Waals surface area contributed by atoms with Crippen LogP contribution < -0.4 is 20.9 Å². The van der Waals surface area contributed by atoms with E-state index in [1.54, 1.807) is 0 Å². The molecule has 3 N–H and O–H groups in total. The molecule has 0 saturated carbocycles. The van der Waals surface area contributed by atoms with Crippen molar-refractivity contribution >= 4 is 29.1 Å². The van der Waals surface area contributed by atoms with E-state index < -0.39 is 5.91 Å². The first-order valence-corrected chi connectivity index (χ1v) is 8.97. The van der Waals surface area contributed by atoms with Crippen LogP contribution in [0.2, 0.25) is 0 Å². The van der Waals surface area contributed by atoms with Crippen molar-refractivity contribution in [2.45, 2.75) is 26.7 Å². The first-order chi connectivity index (χ1) is 12.9. The van der Waals surface area contributed by atoms with E-state index in [9.17, 15) is 9.59 Å². The molecule has 0 aliphatic carbocycles. The number of thiocarbonyl (C=S) groups is 1. The Morgan fingerprint density at radius 3 is 2.44 bits per heavy atom. The molecule has 0 saturated heterocycles. The van der Waals surface area contributed by atoms with Gasteiger partial charge in [0.25, 0.3) is 5.91 Å². The van der Waals surface area contributed by atoms with Gasteiger partial charge in [0.05, 0.1) is 0 Å². The van der Waals surface area contributed by atoms with Crippen LogP contribution in [0.5, 0.6) is 5.75 Å². The summed E-state index contributed by atoms with van der Waals surface area (Å²) in [6.07, 6.45) is 0.918. The summed E-state index contributed by atoms with van der Waals surface area (Å²) in [5, 5.41) is 2.56. The second kappa shape index (κ2) is 10.3. The van der Waals surface area contributed by atoms with Crippen LogP contribution in [0.4, 0.5) is 0 Å². The highest BCUT2D eigenvalue weighted by Crippen LogP contribution is 2.18. The van der Waals surface area contributed by atoms with E-state index in [-0.39, 0.29) is 17.6 Å². The lowest BCUT2D eigenvalue weighted by atomic mass is 10.1. The summed E-state index contributed by atoms with van der Waals surface area (Å²) in [6, 6.07) is 15.4. The van der Waals surface area contributed by atoms with Crippen LogP contribution in [0, 0.1) is 13.8 Å². The number of carbonyl (C=O) groups is 2. The van der Waals surface area contributed by atoms with E-state index in [0.717, 1.165) is 16.7 Å². The van der Waals surface area contributed by atoms with Crippen molar-refractivity contribution in [2.75, 3.05) is 6.61 Å². The molecule has 2 aromatic rings. The topological polar surface area (TPSA) is 79.5 Å². The standard InChI is InChI=1S/C20H23N3O3S/c1-14-8-10-17(15(2)12-14)26-13-19(25)22-23-20(27)21-18(24)11-9-16-6-4-3-5-7-16/h3-8,10,12H,9,11,13H2,1-2H3,(H,22,25)(H2,21,23,24,27). The van der Waals surface area contributed by atoms with Gasteiger partial charge < -0.3 is 10.1 Å². The zero-order valence-electron chi connectivity index (χ0n) is 15.4. The zero-order chi connectivity index (χ0) is 19.6. The lowest BCUT2D eigenvalue weighted by Gasteiger charge is -2.12. The fraction of sp³-hybridized carbons (Fsp3) is 0.250. The molecule has 0 spiro atoms. The van der Waals surface area contributed by atoms with Crippen LogP contribution >= 0.6 is 12.2 Å². The van der Waals surface area contributed by atoms with Gasteiger partial charge in [-0.05, 0) is 49.7 Å². The highest BCUT2D eigenvalue weighted by atomic mass is 32.1. The number of hydrogen-bond acceptors (Lipinski definition) is 4. The van der Waals surface area contributed by atoms with E-state index in [4.69, 9.17) is 17.0 Å². The maximum atomic E-state index is 11.9. The number of ether oxygens (including phenoxy) is 1. The molecule has 0 aromatic heterocycles. The predicted molar refractivity (Wildman–Crippen MR) is 108 cm³/mol. The lowest BCUT2D eigenvalue weighted by molar-refractivity contribution is -0.124. The van der Waals surface area contributed by atoms with Crippen LogP contribution in [0.25, 0.3) is 0 Å². The monoisotopic (exact) mass is 385 g/mol. The Morgan fingerprint density at radius 1 is 1.00 bits per heavy atom.